The molecule has 2 rings (SSSR count). The first-order valence-electron chi connectivity index (χ1n) is 8.41. The molecule has 1 N–H and O–H groups in total. The van der Waals surface area contributed by atoms with Crippen molar-refractivity contribution in [3.05, 3.63) is 64.2 Å². The Balaban J connectivity index is 2.00. The summed E-state index contributed by atoms with van der Waals surface area (Å²) in [4.78, 5) is 24.3. The summed E-state index contributed by atoms with van der Waals surface area (Å²) in [6.07, 6.45) is 1.99. The summed E-state index contributed by atoms with van der Waals surface area (Å²) in [5, 5.41) is 3.23. The third-order valence-electron chi connectivity index (χ3n) is 3.99. The van der Waals surface area contributed by atoms with Gasteiger partial charge in [-0.05, 0) is 49.6 Å². The number of rotatable bonds is 6. The predicted octanol–water partition coefficient (Wildman–Crippen LogP) is 4.55. The number of amides is 1. The third kappa shape index (κ3) is 5.59. The number of nitrogens with one attached hydrogen (secondary N) is 1. The molecule has 0 heterocycles. The van der Waals surface area contributed by atoms with Crippen LogP contribution in [-0.4, -0.2) is 25.1 Å². The molecular formula is C21H22ClNO4. The molecule has 6 heteroatoms. The molecule has 0 saturated heterocycles. The van der Waals surface area contributed by atoms with Gasteiger partial charge in [-0.15, -0.1) is 0 Å². The van der Waals surface area contributed by atoms with E-state index in [1.807, 2.05) is 38.1 Å². The average Bonchev–Trinajstić information content (AvgIpc) is 2.63. The summed E-state index contributed by atoms with van der Waals surface area (Å²) < 4.78 is 10.4. The van der Waals surface area contributed by atoms with Crippen molar-refractivity contribution in [1.82, 2.24) is 0 Å². The van der Waals surface area contributed by atoms with Crippen molar-refractivity contribution >= 4 is 35.2 Å². The van der Waals surface area contributed by atoms with E-state index < -0.39 is 18.0 Å². The van der Waals surface area contributed by atoms with Gasteiger partial charge in [0, 0.05) is 17.2 Å². The minimum absolute atomic E-state index is 0.428. The van der Waals surface area contributed by atoms with Crippen molar-refractivity contribution in [3.63, 3.8) is 0 Å². The topological polar surface area (TPSA) is 64.6 Å². The van der Waals surface area contributed by atoms with Crippen molar-refractivity contribution in [2.75, 3.05) is 12.4 Å². The quantitative estimate of drug-likeness (QED) is 0.583. The zero-order valence-corrected chi connectivity index (χ0v) is 16.5. The third-order valence-corrected chi connectivity index (χ3v) is 4.40. The van der Waals surface area contributed by atoms with E-state index >= 15 is 0 Å². The second kappa shape index (κ2) is 9.24. The van der Waals surface area contributed by atoms with Gasteiger partial charge in [0.15, 0.2) is 6.10 Å². The smallest absolute Gasteiger partial charge is 0.331 e. The molecule has 142 valence electrons. The minimum Gasteiger partial charge on any atom is -0.495 e. The predicted molar refractivity (Wildman–Crippen MR) is 107 cm³/mol. The summed E-state index contributed by atoms with van der Waals surface area (Å²) >= 11 is 6.06. The zero-order chi connectivity index (χ0) is 20.0. The minimum atomic E-state index is -0.972. The first-order chi connectivity index (χ1) is 12.8. The Morgan fingerprint density at radius 2 is 1.85 bits per heavy atom. The molecule has 5 nitrogen and oxygen atoms in total. The fraction of sp³-hybridized carbons (Fsp3) is 0.238. The van der Waals surface area contributed by atoms with Crippen LogP contribution in [0.3, 0.4) is 0 Å². The van der Waals surface area contributed by atoms with Gasteiger partial charge in [0.2, 0.25) is 0 Å². The van der Waals surface area contributed by atoms with E-state index in [0.29, 0.717) is 16.5 Å². The SMILES string of the molecule is COc1cc(Cl)c(C)cc1NC(=O)[C@H](C)OC(=O)/C=C/c1ccccc1C. The van der Waals surface area contributed by atoms with Crippen molar-refractivity contribution in [1.29, 1.82) is 0 Å². The summed E-state index contributed by atoms with van der Waals surface area (Å²) in [6.45, 7) is 5.27. The van der Waals surface area contributed by atoms with Crippen LogP contribution in [0.15, 0.2) is 42.5 Å². The van der Waals surface area contributed by atoms with Crippen LogP contribution >= 0.6 is 11.6 Å². The number of halogens is 1. The maximum atomic E-state index is 12.3. The lowest BCUT2D eigenvalue weighted by Gasteiger charge is -2.15. The number of carbonyl (C=O) groups is 2. The highest BCUT2D eigenvalue weighted by Gasteiger charge is 2.19. The van der Waals surface area contributed by atoms with Crippen LogP contribution in [0.25, 0.3) is 6.08 Å². The lowest BCUT2D eigenvalue weighted by molar-refractivity contribution is -0.148. The Labute approximate surface area is 163 Å². The number of hydrogen-bond donors (Lipinski definition) is 1. The maximum absolute atomic E-state index is 12.3. The fourth-order valence-electron chi connectivity index (χ4n) is 2.36. The molecule has 0 aliphatic carbocycles. The first-order valence-corrected chi connectivity index (χ1v) is 8.79. The van der Waals surface area contributed by atoms with Gasteiger partial charge >= 0.3 is 5.97 Å². The normalized spacial score (nSPS) is 11.9. The van der Waals surface area contributed by atoms with E-state index in [9.17, 15) is 9.59 Å². The molecule has 0 aliphatic rings. The van der Waals surface area contributed by atoms with E-state index in [2.05, 4.69) is 5.32 Å². The number of methoxy groups -OCH3 is 1. The molecule has 2 aromatic rings. The van der Waals surface area contributed by atoms with Crippen molar-refractivity contribution in [3.8, 4) is 5.75 Å². The van der Waals surface area contributed by atoms with Gasteiger partial charge in [0.25, 0.3) is 5.91 Å². The Bertz CT molecular complexity index is 876. The zero-order valence-electron chi connectivity index (χ0n) is 15.7. The maximum Gasteiger partial charge on any atom is 0.331 e. The van der Waals surface area contributed by atoms with Crippen LogP contribution in [-0.2, 0) is 14.3 Å². The molecule has 0 saturated carbocycles. The van der Waals surface area contributed by atoms with Gasteiger partial charge in [0.05, 0.1) is 12.8 Å². The van der Waals surface area contributed by atoms with Crippen LogP contribution in [0.2, 0.25) is 5.02 Å². The molecule has 0 unspecified atom stereocenters. The van der Waals surface area contributed by atoms with E-state index in [0.717, 1.165) is 16.7 Å². The van der Waals surface area contributed by atoms with E-state index in [-0.39, 0.29) is 0 Å². The Hall–Kier alpha value is -2.79. The molecular weight excluding hydrogens is 366 g/mol. The van der Waals surface area contributed by atoms with E-state index in [1.54, 1.807) is 18.2 Å². The number of anilines is 1. The second-order valence-electron chi connectivity index (χ2n) is 6.06. The molecule has 0 bridgehead atoms. The lowest BCUT2D eigenvalue weighted by atomic mass is 10.1. The standard InChI is InChI=1S/C21H22ClNO4/c1-13-7-5-6-8-16(13)9-10-20(24)27-15(3)21(25)23-18-11-14(2)17(22)12-19(18)26-4/h5-12,15H,1-4H3,(H,23,25)/b10-9+/t15-/m0/s1. The lowest BCUT2D eigenvalue weighted by Crippen LogP contribution is -2.29. The van der Waals surface area contributed by atoms with Crippen LogP contribution in [0.4, 0.5) is 5.69 Å². The number of ether oxygens (including phenoxy) is 2. The van der Waals surface area contributed by atoms with Gasteiger partial charge in [-0.3, -0.25) is 4.79 Å². The van der Waals surface area contributed by atoms with Crippen molar-refractivity contribution in [2.45, 2.75) is 26.9 Å². The molecule has 2 aromatic carbocycles. The molecule has 27 heavy (non-hydrogen) atoms. The van der Waals surface area contributed by atoms with Gasteiger partial charge in [-0.1, -0.05) is 35.9 Å². The fourth-order valence-corrected chi connectivity index (χ4v) is 2.52. The average molecular weight is 388 g/mol. The van der Waals surface area contributed by atoms with Crippen LogP contribution in [0.1, 0.15) is 23.6 Å². The number of esters is 1. The van der Waals surface area contributed by atoms with E-state index in [1.165, 1.54) is 20.1 Å². The number of benzene rings is 2. The summed E-state index contributed by atoms with van der Waals surface area (Å²) in [6, 6.07) is 11.0. The monoisotopic (exact) mass is 387 g/mol. The van der Waals surface area contributed by atoms with Crippen molar-refractivity contribution in [2.24, 2.45) is 0 Å². The highest BCUT2D eigenvalue weighted by molar-refractivity contribution is 6.31. The van der Waals surface area contributed by atoms with Gasteiger partial charge in [0.1, 0.15) is 5.75 Å². The Morgan fingerprint density at radius 3 is 2.52 bits per heavy atom. The second-order valence-corrected chi connectivity index (χ2v) is 6.47. The van der Waals surface area contributed by atoms with Gasteiger partial charge < -0.3 is 14.8 Å². The molecule has 0 radical (unpaired) electrons. The first kappa shape index (κ1) is 20.5. The summed E-state index contributed by atoms with van der Waals surface area (Å²) in [5.74, 6) is -0.634. The molecule has 1 amide bonds. The highest BCUT2D eigenvalue weighted by atomic mass is 35.5. The van der Waals surface area contributed by atoms with Crippen LogP contribution < -0.4 is 10.1 Å². The largest absolute Gasteiger partial charge is 0.495 e. The van der Waals surface area contributed by atoms with E-state index in [4.69, 9.17) is 21.1 Å². The molecule has 0 spiro atoms. The molecule has 0 aromatic heterocycles. The van der Waals surface area contributed by atoms with Crippen LogP contribution in [0.5, 0.6) is 5.75 Å². The number of hydrogen-bond acceptors (Lipinski definition) is 4. The number of aryl methyl sites for hydroxylation is 2. The van der Waals surface area contributed by atoms with Gasteiger partial charge in [-0.2, -0.15) is 0 Å². The molecule has 0 fully saturated rings. The summed E-state index contributed by atoms with van der Waals surface area (Å²) in [7, 11) is 1.48. The number of carbonyl (C=O) groups excluding carboxylic acids is 2. The van der Waals surface area contributed by atoms with Gasteiger partial charge in [-0.25, -0.2) is 4.79 Å². The highest BCUT2D eigenvalue weighted by Crippen LogP contribution is 2.31. The molecule has 1 atom stereocenters. The van der Waals surface area contributed by atoms with Crippen molar-refractivity contribution < 1.29 is 19.1 Å². The Morgan fingerprint density at radius 1 is 1.15 bits per heavy atom. The van der Waals surface area contributed by atoms with Crippen LogP contribution in [0, 0.1) is 13.8 Å². The molecule has 0 aliphatic heterocycles. The Kier molecular flexibility index (Phi) is 7.02. The summed E-state index contributed by atoms with van der Waals surface area (Å²) in [5.41, 5.74) is 3.20.